The Kier molecular flexibility index (Phi) is 4.48. The molecule has 1 N–H and O–H groups in total. The molecule has 1 aromatic carbocycles. The van der Waals surface area contributed by atoms with Gasteiger partial charge in [0.25, 0.3) is 0 Å². The van der Waals surface area contributed by atoms with E-state index < -0.39 is 0 Å². The highest BCUT2D eigenvalue weighted by Crippen LogP contribution is 2.39. The monoisotopic (exact) mass is 350 g/mol. The first-order valence-corrected chi connectivity index (χ1v) is 8.75. The number of nitrogens with zero attached hydrogens (tertiary/aromatic N) is 3. The van der Waals surface area contributed by atoms with E-state index in [0.717, 1.165) is 40.2 Å². The molecule has 0 amide bonds. The summed E-state index contributed by atoms with van der Waals surface area (Å²) in [5, 5.41) is 5.60. The SMILES string of the molecule is CN(C)c1ncc(NCc2ccncc2)c2cc3c(cc12)OCCCO3. The number of pyridine rings is 2. The molecule has 26 heavy (non-hydrogen) atoms. The van der Waals surface area contributed by atoms with Crippen molar-refractivity contribution in [1.82, 2.24) is 9.97 Å². The second-order valence-corrected chi connectivity index (χ2v) is 6.49. The van der Waals surface area contributed by atoms with Crippen molar-refractivity contribution in [2.45, 2.75) is 13.0 Å². The lowest BCUT2D eigenvalue weighted by Gasteiger charge is -2.19. The topological polar surface area (TPSA) is 59.5 Å². The summed E-state index contributed by atoms with van der Waals surface area (Å²) in [5.74, 6) is 2.48. The van der Waals surface area contributed by atoms with Crippen molar-refractivity contribution < 1.29 is 9.47 Å². The highest BCUT2D eigenvalue weighted by molar-refractivity contribution is 6.02. The van der Waals surface area contributed by atoms with Crippen LogP contribution in [0.5, 0.6) is 11.5 Å². The van der Waals surface area contributed by atoms with E-state index in [1.54, 1.807) is 12.4 Å². The van der Waals surface area contributed by atoms with Crippen LogP contribution in [0.25, 0.3) is 10.8 Å². The van der Waals surface area contributed by atoms with Gasteiger partial charge in [-0.25, -0.2) is 4.98 Å². The molecule has 0 unspecified atom stereocenters. The number of ether oxygens (including phenoxy) is 2. The third-order valence-corrected chi connectivity index (χ3v) is 4.39. The predicted molar refractivity (Wildman–Crippen MR) is 103 cm³/mol. The van der Waals surface area contributed by atoms with Crippen LogP contribution in [0.2, 0.25) is 0 Å². The van der Waals surface area contributed by atoms with Crippen LogP contribution in [-0.2, 0) is 6.54 Å². The Balaban J connectivity index is 1.77. The number of hydrogen-bond donors (Lipinski definition) is 1. The van der Waals surface area contributed by atoms with Crippen molar-refractivity contribution in [3.05, 3.63) is 48.4 Å². The summed E-state index contributed by atoms with van der Waals surface area (Å²) < 4.78 is 11.7. The van der Waals surface area contributed by atoms with Crippen LogP contribution in [0.1, 0.15) is 12.0 Å². The summed E-state index contributed by atoms with van der Waals surface area (Å²) in [6.07, 6.45) is 6.36. The van der Waals surface area contributed by atoms with Crippen LogP contribution in [-0.4, -0.2) is 37.3 Å². The number of nitrogens with one attached hydrogen (secondary N) is 1. The molecule has 1 aliphatic heterocycles. The van der Waals surface area contributed by atoms with Gasteiger partial charge < -0.3 is 19.7 Å². The summed E-state index contributed by atoms with van der Waals surface area (Å²) in [6, 6.07) is 8.09. The van der Waals surface area contributed by atoms with Gasteiger partial charge >= 0.3 is 0 Å². The van der Waals surface area contributed by atoms with Gasteiger partial charge in [0.15, 0.2) is 11.5 Å². The minimum atomic E-state index is 0.670. The molecule has 3 heterocycles. The fourth-order valence-electron chi connectivity index (χ4n) is 3.08. The van der Waals surface area contributed by atoms with Crippen LogP contribution in [0.4, 0.5) is 11.5 Å². The third-order valence-electron chi connectivity index (χ3n) is 4.39. The maximum atomic E-state index is 5.88. The van der Waals surface area contributed by atoms with Crippen LogP contribution in [0.15, 0.2) is 42.9 Å². The molecule has 6 nitrogen and oxygen atoms in total. The van der Waals surface area contributed by atoms with Crippen molar-refractivity contribution >= 4 is 22.3 Å². The second kappa shape index (κ2) is 7.07. The highest BCUT2D eigenvalue weighted by Gasteiger charge is 2.17. The molecule has 0 fully saturated rings. The first-order chi connectivity index (χ1) is 12.7. The molecule has 4 rings (SSSR count). The first kappa shape index (κ1) is 16.4. The van der Waals surface area contributed by atoms with E-state index in [-0.39, 0.29) is 0 Å². The summed E-state index contributed by atoms with van der Waals surface area (Å²) in [4.78, 5) is 10.7. The zero-order valence-electron chi connectivity index (χ0n) is 15.0. The fourth-order valence-corrected chi connectivity index (χ4v) is 3.08. The highest BCUT2D eigenvalue weighted by atomic mass is 16.5. The van der Waals surface area contributed by atoms with Gasteiger partial charge in [0.05, 0.1) is 25.1 Å². The molecule has 0 radical (unpaired) electrons. The van der Waals surface area contributed by atoms with Crippen LogP contribution in [0, 0.1) is 0 Å². The number of fused-ring (bicyclic) bond motifs is 2. The molecule has 0 saturated heterocycles. The molecular formula is C20H22N4O2. The fraction of sp³-hybridized carbons (Fsp3) is 0.300. The molecule has 0 bridgehead atoms. The lowest BCUT2D eigenvalue weighted by atomic mass is 10.1. The number of hydrogen-bond acceptors (Lipinski definition) is 6. The largest absolute Gasteiger partial charge is 0.490 e. The van der Waals surface area contributed by atoms with Crippen molar-refractivity contribution in [2.75, 3.05) is 37.5 Å². The maximum Gasteiger partial charge on any atom is 0.161 e. The molecular weight excluding hydrogens is 328 g/mol. The summed E-state index contributed by atoms with van der Waals surface area (Å²) in [6.45, 7) is 2.04. The van der Waals surface area contributed by atoms with Crippen molar-refractivity contribution in [1.29, 1.82) is 0 Å². The number of benzene rings is 1. The van der Waals surface area contributed by atoms with Gasteiger partial charge in [-0.1, -0.05) is 0 Å². The van der Waals surface area contributed by atoms with Gasteiger partial charge in [-0.3, -0.25) is 4.98 Å². The molecule has 0 saturated carbocycles. The molecule has 0 atom stereocenters. The molecule has 0 aliphatic carbocycles. The Labute approximate surface area is 152 Å². The van der Waals surface area contributed by atoms with E-state index in [9.17, 15) is 0 Å². The quantitative estimate of drug-likeness (QED) is 0.777. The van der Waals surface area contributed by atoms with E-state index in [0.29, 0.717) is 19.8 Å². The van der Waals surface area contributed by atoms with E-state index >= 15 is 0 Å². The van der Waals surface area contributed by atoms with Crippen molar-refractivity contribution in [3.8, 4) is 11.5 Å². The van der Waals surface area contributed by atoms with Gasteiger partial charge in [-0.15, -0.1) is 0 Å². The molecule has 6 heteroatoms. The summed E-state index contributed by atoms with van der Waals surface area (Å²) in [5.41, 5.74) is 2.14. The van der Waals surface area contributed by atoms with Gasteiger partial charge in [0.1, 0.15) is 5.82 Å². The third kappa shape index (κ3) is 3.22. The van der Waals surface area contributed by atoms with Gasteiger partial charge in [-0.2, -0.15) is 0 Å². The maximum absolute atomic E-state index is 5.88. The average Bonchev–Trinajstić information content (AvgIpc) is 2.90. The van der Waals surface area contributed by atoms with E-state index in [4.69, 9.17) is 9.47 Å². The Morgan fingerprint density at radius 2 is 1.73 bits per heavy atom. The molecule has 1 aliphatic rings. The average molecular weight is 350 g/mol. The zero-order chi connectivity index (χ0) is 17.9. The van der Waals surface area contributed by atoms with Crippen LogP contribution >= 0.6 is 0 Å². The van der Waals surface area contributed by atoms with Crippen LogP contribution in [0.3, 0.4) is 0 Å². The van der Waals surface area contributed by atoms with E-state index in [2.05, 4.69) is 21.4 Å². The molecule has 0 spiro atoms. The van der Waals surface area contributed by atoms with E-state index in [1.165, 1.54) is 5.56 Å². The van der Waals surface area contributed by atoms with Crippen molar-refractivity contribution in [3.63, 3.8) is 0 Å². The van der Waals surface area contributed by atoms with Gasteiger partial charge in [-0.05, 0) is 29.8 Å². The summed E-state index contributed by atoms with van der Waals surface area (Å²) in [7, 11) is 3.99. The zero-order valence-corrected chi connectivity index (χ0v) is 15.0. The van der Waals surface area contributed by atoms with Gasteiger partial charge in [0, 0.05) is 50.2 Å². The Bertz CT molecular complexity index is 913. The minimum Gasteiger partial charge on any atom is -0.490 e. The minimum absolute atomic E-state index is 0.670. The molecule has 2 aromatic heterocycles. The lowest BCUT2D eigenvalue weighted by Crippen LogP contribution is -2.12. The summed E-state index contributed by atoms with van der Waals surface area (Å²) >= 11 is 0. The standard InChI is InChI=1S/C20H22N4O2/c1-24(2)20-16-11-19-18(25-8-3-9-26-19)10-15(16)17(13-23-20)22-12-14-4-6-21-7-5-14/h4-7,10-11,13,22H,3,8-9,12H2,1-2H3. The first-order valence-electron chi connectivity index (χ1n) is 8.75. The van der Waals surface area contributed by atoms with Gasteiger partial charge in [0.2, 0.25) is 0 Å². The Morgan fingerprint density at radius 1 is 1.04 bits per heavy atom. The second-order valence-electron chi connectivity index (χ2n) is 6.49. The van der Waals surface area contributed by atoms with E-state index in [1.807, 2.05) is 43.4 Å². The molecule has 134 valence electrons. The number of anilines is 2. The number of rotatable bonds is 4. The van der Waals surface area contributed by atoms with Crippen LogP contribution < -0.4 is 19.7 Å². The predicted octanol–water partition coefficient (Wildman–Crippen LogP) is 3.47. The van der Waals surface area contributed by atoms with Crippen molar-refractivity contribution in [2.24, 2.45) is 0 Å². The smallest absolute Gasteiger partial charge is 0.161 e. The number of aromatic nitrogens is 2. The lowest BCUT2D eigenvalue weighted by molar-refractivity contribution is 0.297. The Hall–Kier alpha value is -3.02. The molecule has 3 aromatic rings. The Morgan fingerprint density at radius 3 is 2.42 bits per heavy atom. The normalized spacial score (nSPS) is 13.3.